The van der Waals surface area contributed by atoms with Gasteiger partial charge in [-0.2, -0.15) is 5.48 Å². The number of nitrogens with zero attached hydrogens (tertiary/aromatic N) is 1. The Kier molecular flexibility index (Phi) is 2.60. The number of methoxy groups -OCH3 is 1. The second kappa shape index (κ2) is 3.89. The Balaban J connectivity index is 2.33. The summed E-state index contributed by atoms with van der Waals surface area (Å²) in [6.45, 7) is 0.615. The molecule has 0 amide bonds. The minimum absolute atomic E-state index is 0.0341. The molecule has 1 unspecified atom stereocenters. The maximum absolute atomic E-state index is 13.0. The first-order valence-corrected chi connectivity index (χ1v) is 4.38. The smallest absolute Gasteiger partial charge is 0.218 e. The van der Waals surface area contributed by atoms with Crippen molar-refractivity contribution in [3.05, 3.63) is 23.6 Å². The van der Waals surface area contributed by atoms with Crippen LogP contribution in [0.25, 0.3) is 0 Å². The standard InChI is InChI=1S/C9H11FN2O2/c1-13-9-7(4-6(10)5-11-9)8-2-3-14-12-8/h4-5,8,12H,2-3H2,1H3. The van der Waals surface area contributed by atoms with Crippen LogP contribution < -0.4 is 10.2 Å². The van der Waals surface area contributed by atoms with Gasteiger partial charge in [0.15, 0.2) is 0 Å². The Hall–Kier alpha value is -1.20. The highest BCUT2D eigenvalue weighted by atomic mass is 19.1. The molecule has 1 saturated heterocycles. The van der Waals surface area contributed by atoms with Gasteiger partial charge in [-0.25, -0.2) is 9.37 Å². The number of rotatable bonds is 2. The van der Waals surface area contributed by atoms with Crippen LogP contribution >= 0.6 is 0 Å². The zero-order chi connectivity index (χ0) is 9.97. The molecule has 14 heavy (non-hydrogen) atoms. The van der Waals surface area contributed by atoms with Gasteiger partial charge in [-0.15, -0.1) is 0 Å². The minimum atomic E-state index is -0.366. The van der Waals surface area contributed by atoms with Crippen molar-refractivity contribution >= 4 is 0 Å². The molecule has 5 heteroatoms. The third-order valence-electron chi connectivity index (χ3n) is 2.15. The third-order valence-corrected chi connectivity index (χ3v) is 2.15. The van der Waals surface area contributed by atoms with E-state index in [1.54, 1.807) is 0 Å². The Morgan fingerprint density at radius 3 is 3.21 bits per heavy atom. The lowest BCUT2D eigenvalue weighted by Gasteiger charge is -2.12. The largest absolute Gasteiger partial charge is 0.481 e. The molecule has 0 aliphatic carbocycles. The average molecular weight is 198 g/mol. The molecule has 1 atom stereocenters. The number of hydrogen-bond donors (Lipinski definition) is 1. The van der Waals surface area contributed by atoms with E-state index in [-0.39, 0.29) is 11.9 Å². The van der Waals surface area contributed by atoms with Gasteiger partial charge in [0.2, 0.25) is 5.88 Å². The number of ether oxygens (including phenoxy) is 1. The maximum atomic E-state index is 13.0. The lowest BCUT2D eigenvalue weighted by molar-refractivity contribution is 0.0877. The third kappa shape index (κ3) is 1.69. The summed E-state index contributed by atoms with van der Waals surface area (Å²) in [5.74, 6) is 0.0731. The summed E-state index contributed by atoms with van der Waals surface area (Å²) in [5.41, 5.74) is 3.49. The van der Waals surface area contributed by atoms with Crippen LogP contribution in [0.15, 0.2) is 12.3 Å². The van der Waals surface area contributed by atoms with Gasteiger partial charge in [-0.1, -0.05) is 0 Å². The number of hydrogen-bond acceptors (Lipinski definition) is 4. The zero-order valence-corrected chi connectivity index (χ0v) is 7.79. The molecule has 1 aliphatic rings. The van der Waals surface area contributed by atoms with E-state index in [1.165, 1.54) is 13.2 Å². The quantitative estimate of drug-likeness (QED) is 0.775. The fraction of sp³-hybridized carbons (Fsp3) is 0.444. The number of aromatic nitrogens is 1. The number of nitrogens with one attached hydrogen (secondary N) is 1. The molecule has 1 aliphatic heterocycles. The van der Waals surface area contributed by atoms with Gasteiger partial charge >= 0.3 is 0 Å². The zero-order valence-electron chi connectivity index (χ0n) is 7.79. The van der Waals surface area contributed by atoms with Crippen LogP contribution in [0.2, 0.25) is 0 Å². The second-order valence-electron chi connectivity index (χ2n) is 3.06. The maximum Gasteiger partial charge on any atom is 0.218 e. The SMILES string of the molecule is COc1ncc(F)cc1C1CCON1. The van der Waals surface area contributed by atoms with Crippen molar-refractivity contribution in [3.8, 4) is 5.88 Å². The predicted molar refractivity (Wildman–Crippen MR) is 47.2 cm³/mol. The molecule has 1 N–H and O–H groups in total. The van der Waals surface area contributed by atoms with Crippen LogP contribution in [0.1, 0.15) is 18.0 Å². The average Bonchev–Trinajstić information content (AvgIpc) is 2.70. The van der Waals surface area contributed by atoms with Gasteiger partial charge in [-0.05, 0) is 12.5 Å². The number of hydroxylamine groups is 1. The second-order valence-corrected chi connectivity index (χ2v) is 3.06. The van der Waals surface area contributed by atoms with Gasteiger partial charge in [0.25, 0.3) is 0 Å². The molecule has 0 spiro atoms. The number of pyridine rings is 1. The summed E-state index contributed by atoms with van der Waals surface area (Å²) < 4.78 is 18.0. The van der Waals surface area contributed by atoms with Gasteiger partial charge in [-0.3, -0.25) is 0 Å². The van der Waals surface area contributed by atoms with Crippen molar-refractivity contribution in [2.24, 2.45) is 0 Å². The summed E-state index contributed by atoms with van der Waals surface area (Å²) in [4.78, 5) is 8.84. The van der Waals surface area contributed by atoms with E-state index < -0.39 is 0 Å². The van der Waals surface area contributed by atoms with Gasteiger partial charge in [0.1, 0.15) is 5.82 Å². The molecular formula is C9H11FN2O2. The van der Waals surface area contributed by atoms with Gasteiger partial charge < -0.3 is 9.57 Å². The summed E-state index contributed by atoms with van der Waals surface area (Å²) >= 11 is 0. The minimum Gasteiger partial charge on any atom is -0.481 e. The molecule has 0 saturated carbocycles. The summed E-state index contributed by atoms with van der Waals surface area (Å²) in [6, 6.07) is 1.38. The van der Waals surface area contributed by atoms with E-state index >= 15 is 0 Å². The summed E-state index contributed by atoms with van der Waals surface area (Å²) in [7, 11) is 1.51. The first kappa shape index (κ1) is 9.36. The van der Waals surface area contributed by atoms with Gasteiger partial charge in [0, 0.05) is 5.56 Å². The highest BCUT2D eigenvalue weighted by Crippen LogP contribution is 2.28. The summed E-state index contributed by atoms with van der Waals surface area (Å²) in [5, 5.41) is 0. The van der Waals surface area contributed by atoms with Crippen molar-refractivity contribution in [1.29, 1.82) is 0 Å². The first-order chi connectivity index (χ1) is 6.81. The van der Waals surface area contributed by atoms with Crippen molar-refractivity contribution < 1.29 is 14.0 Å². The van der Waals surface area contributed by atoms with E-state index in [2.05, 4.69) is 10.5 Å². The Morgan fingerprint density at radius 2 is 2.57 bits per heavy atom. The normalized spacial score (nSPS) is 21.1. The first-order valence-electron chi connectivity index (χ1n) is 4.38. The Labute approximate surface area is 81.0 Å². The van der Waals surface area contributed by atoms with Crippen molar-refractivity contribution in [1.82, 2.24) is 10.5 Å². The molecule has 1 aromatic rings. The van der Waals surface area contributed by atoms with E-state index in [0.717, 1.165) is 12.6 Å². The fourth-order valence-electron chi connectivity index (χ4n) is 1.48. The predicted octanol–water partition coefficient (Wildman–Crippen LogP) is 1.20. The molecule has 1 aromatic heterocycles. The topological polar surface area (TPSA) is 43.4 Å². The van der Waals surface area contributed by atoms with Gasteiger partial charge in [0.05, 0.1) is 26.0 Å². The fourth-order valence-corrected chi connectivity index (χ4v) is 1.48. The van der Waals surface area contributed by atoms with Crippen molar-refractivity contribution in [2.75, 3.05) is 13.7 Å². The monoisotopic (exact) mass is 198 g/mol. The van der Waals surface area contributed by atoms with Crippen LogP contribution in [0, 0.1) is 5.82 Å². The van der Waals surface area contributed by atoms with E-state index in [0.29, 0.717) is 18.1 Å². The highest BCUT2D eigenvalue weighted by molar-refractivity contribution is 5.29. The van der Waals surface area contributed by atoms with Crippen LogP contribution in [0.4, 0.5) is 4.39 Å². The lowest BCUT2D eigenvalue weighted by atomic mass is 10.1. The van der Waals surface area contributed by atoms with Crippen molar-refractivity contribution in [2.45, 2.75) is 12.5 Å². The molecule has 1 fully saturated rings. The van der Waals surface area contributed by atoms with E-state index in [9.17, 15) is 4.39 Å². The Morgan fingerprint density at radius 1 is 1.71 bits per heavy atom. The Bertz CT molecular complexity index is 327. The van der Waals surface area contributed by atoms with Crippen LogP contribution in [-0.2, 0) is 4.84 Å². The molecule has 0 bridgehead atoms. The lowest BCUT2D eigenvalue weighted by Crippen LogP contribution is -2.13. The van der Waals surface area contributed by atoms with Crippen LogP contribution in [0.5, 0.6) is 5.88 Å². The summed E-state index contributed by atoms with van der Waals surface area (Å²) in [6.07, 6.45) is 1.93. The number of halogens is 1. The van der Waals surface area contributed by atoms with Crippen LogP contribution in [-0.4, -0.2) is 18.7 Å². The molecular weight excluding hydrogens is 187 g/mol. The molecule has 0 radical (unpaired) electrons. The molecule has 0 aromatic carbocycles. The van der Waals surface area contributed by atoms with Crippen molar-refractivity contribution in [3.63, 3.8) is 0 Å². The molecule has 4 nitrogen and oxygen atoms in total. The highest BCUT2D eigenvalue weighted by Gasteiger charge is 2.22. The van der Waals surface area contributed by atoms with E-state index in [1.807, 2.05) is 0 Å². The molecule has 76 valence electrons. The molecule has 2 heterocycles. The van der Waals surface area contributed by atoms with E-state index in [4.69, 9.17) is 9.57 Å². The van der Waals surface area contributed by atoms with Crippen LogP contribution in [0.3, 0.4) is 0 Å². The molecule has 2 rings (SSSR count).